The molecule has 0 aliphatic heterocycles. The fourth-order valence-corrected chi connectivity index (χ4v) is 3.79. The van der Waals surface area contributed by atoms with E-state index in [0.717, 1.165) is 0 Å². The van der Waals surface area contributed by atoms with Crippen molar-refractivity contribution in [3.8, 4) is 5.75 Å². The molecule has 0 spiro atoms. The Hall–Kier alpha value is -3.96. The lowest BCUT2D eigenvalue weighted by atomic mass is 10.2. The Labute approximate surface area is 208 Å². The van der Waals surface area contributed by atoms with Crippen LogP contribution in [0.25, 0.3) is 11.0 Å². The monoisotopic (exact) mass is 516 g/mol. The second-order valence-corrected chi connectivity index (χ2v) is 8.27. The number of halogens is 2. The highest BCUT2D eigenvalue weighted by Crippen LogP contribution is 2.27. The van der Waals surface area contributed by atoms with Crippen molar-refractivity contribution < 1.29 is 14.5 Å². The molecule has 4 rings (SSSR count). The topological polar surface area (TPSA) is 134 Å². The molecule has 180 valence electrons. The number of carbonyl (C=O) groups is 1. The number of rotatable bonds is 9. The summed E-state index contributed by atoms with van der Waals surface area (Å²) < 4.78 is 8.25. The Morgan fingerprint density at radius 1 is 1.20 bits per heavy atom. The minimum atomic E-state index is -0.491. The highest BCUT2D eigenvalue weighted by atomic mass is 35.5. The van der Waals surface area contributed by atoms with Crippen LogP contribution in [0.15, 0.2) is 59.8 Å². The fraction of sp³-hybridized carbons (Fsp3) is 0.182. The second kappa shape index (κ2) is 10.5. The van der Waals surface area contributed by atoms with Crippen LogP contribution >= 0.6 is 23.2 Å². The van der Waals surface area contributed by atoms with Crippen molar-refractivity contribution >= 4 is 45.8 Å². The molecule has 0 saturated heterocycles. The van der Waals surface area contributed by atoms with Gasteiger partial charge in [-0.15, -0.1) is 0 Å². The maximum atomic E-state index is 12.8. The van der Waals surface area contributed by atoms with E-state index in [1.165, 1.54) is 40.0 Å². The third-order valence-corrected chi connectivity index (χ3v) is 5.53. The summed E-state index contributed by atoms with van der Waals surface area (Å²) in [4.78, 5) is 39.7. The van der Waals surface area contributed by atoms with Crippen LogP contribution in [-0.2, 0) is 17.9 Å². The summed E-state index contributed by atoms with van der Waals surface area (Å²) in [6, 6.07) is 10.7. The van der Waals surface area contributed by atoms with Crippen LogP contribution in [0, 0.1) is 10.1 Å². The maximum absolute atomic E-state index is 12.8. The molecule has 0 aliphatic rings. The normalized spacial score (nSPS) is 10.9. The van der Waals surface area contributed by atoms with E-state index in [1.54, 1.807) is 24.3 Å². The minimum absolute atomic E-state index is 0.0545. The van der Waals surface area contributed by atoms with E-state index in [9.17, 15) is 19.7 Å². The SMILES string of the molecule is O=C(COc1ccc(Cl)cc1Cl)NCCn1ncc2c(=O)n(Cc3cccc([N+](=O)[O-])c3)cnc21. The lowest BCUT2D eigenvalue weighted by molar-refractivity contribution is -0.384. The van der Waals surface area contributed by atoms with E-state index < -0.39 is 4.92 Å². The van der Waals surface area contributed by atoms with Gasteiger partial charge in [0.05, 0.1) is 29.2 Å². The first kappa shape index (κ1) is 24.2. The molecule has 0 radical (unpaired) electrons. The van der Waals surface area contributed by atoms with Crippen LogP contribution in [-0.4, -0.2) is 43.3 Å². The lowest BCUT2D eigenvalue weighted by Gasteiger charge is -2.09. The minimum Gasteiger partial charge on any atom is -0.482 e. The van der Waals surface area contributed by atoms with Gasteiger partial charge < -0.3 is 10.1 Å². The third kappa shape index (κ3) is 5.76. The first-order chi connectivity index (χ1) is 16.8. The molecule has 0 aliphatic carbocycles. The molecule has 0 fully saturated rings. The maximum Gasteiger partial charge on any atom is 0.269 e. The molecule has 0 saturated carbocycles. The molecule has 1 N–H and O–H groups in total. The number of nitrogens with one attached hydrogen (secondary N) is 1. The van der Waals surface area contributed by atoms with Crippen LogP contribution in [0.4, 0.5) is 5.69 Å². The number of nitro benzene ring substituents is 1. The Kier molecular flexibility index (Phi) is 7.28. The predicted octanol–water partition coefficient (Wildman–Crippen LogP) is 3.05. The van der Waals surface area contributed by atoms with Gasteiger partial charge in [0.2, 0.25) is 0 Å². The number of amides is 1. The number of nitrogens with zero attached hydrogens (tertiary/aromatic N) is 5. The van der Waals surface area contributed by atoms with E-state index in [1.807, 2.05) is 0 Å². The Morgan fingerprint density at radius 2 is 2.03 bits per heavy atom. The lowest BCUT2D eigenvalue weighted by Crippen LogP contribution is -2.32. The number of non-ortho nitro benzene ring substituents is 1. The molecule has 0 unspecified atom stereocenters. The molecule has 0 bridgehead atoms. The molecule has 1 amide bonds. The van der Waals surface area contributed by atoms with Crippen molar-refractivity contribution in [3.63, 3.8) is 0 Å². The summed E-state index contributed by atoms with van der Waals surface area (Å²) in [6.07, 6.45) is 2.77. The van der Waals surface area contributed by atoms with E-state index in [4.69, 9.17) is 27.9 Å². The predicted molar refractivity (Wildman–Crippen MR) is 129 cm³/mol. The number of carbonyl (C=O) groups excluding carboxylic acids is 1. The van der Waals surface area contributed by atoms with Crippen molar-refractivity contribution in [2.24, 2.45) is 0 Å². The molecule has 2 aromatic carbocycles. The van der Waals surface area contributed by atoms with E-state index in [0.29, 0.717) is 32.4 Å². The van der Waals surface area contributed by atoms with Crippen LogP contribution in [0.1, 0.15) is 5.56 Å². The average Bonchev–Trinajstić information content (AvgIpc) is 3.24. The van der Waals surface area contributed by atoms with Crippen molar-refractivity contribution in [2.45, 2.75) is 13.1 Å². The first-order valence-corrected chi connectivity index (χ1v) is 11.1. The van der Waals surface area contributed by atoms with Gasteiger partial charge in [-0.2, -0.15) is 5.10 Å². The number of hydrogen-bond donors (Lipinski definition) is 1. The van der Waals surface area contributed by atoms with Crippen LogP contribution in [0.2, 0.25) is 10.0 Å². The quantitative estimate of drug-likeness (QED) is 0.266. The van der Waals surface area contributed by atoms with Gasteiger partial charge in [-0.05, 0) is 23.8 Å². The summed E-state index contributed by atoms with van der Waals surface area (Å²) in [5.41, 5.74) is 0.578. The molecule has 13 heteroatoms. The van der Waals surface area contributed by atoms with Gasteiger partial charge in [-0.1, -0.05) is 35.3 Å². The number of benzene rings is 2. The summed E-state index contributed by atoms with van der Waals surface area (Å²) in [5, 5.41) is 18.9. The number of fused-ring (bicyclic) bond motifs is 1. The summed E-state index contributed by atoms with van der Waals surface area (Å²) in [5.74, 6) is -0.0189. The Bertz CT molecular complexity index is 1470. The summed E-state index contributed by atoms with van der Waals surface area (Å²) >= 11 is 11.8. The standard InChI is InChI=1S/C22H18Cl2N6O5/c23-15-4-5-19(18(24)9-15)35-12-20(31)25-6-7-29-21-17(10-27-29)22(32)28(13-26-21)11-14-2-1-3-16(8-14)30(33)34/h1-5,8-10,13H,6-7,11-12H2,(H,25,31). The van der Waals surface area contributed by atoms with Crippen molar-refractivity contribution in [2.75, 3.05) is 13.2 Å². The van der Waals surface area contributed by atoms with Gasteiger partial charge >= 0.3 is 0 Å². The number of nitro groups is 1. The van der Waals surface area contributed by atoms with E-state index >= 15 is 0 Å². The van der Waals surface area contributed by atoms with Crippen LogP contribution in [0.5, 0.6) is 5.75 Å². The molecule has 0 atom stereocenters. The molecular formula is C22H18Cl2N6O5. The van der Waals surface area contributed by atoms with Crippen molar-refractivity contribution in [1.29, 1.82) is 0 Å². The molecule has 35 heavy (non-hydrogen) atoms. The first-order valence-electron chi connectivity index (χ1n) is 10.3. The highest BCUT2D eigenvalue weighted by Gasteiger charge is 2.13. The molecular weight excluding hydrogens is 499 g/mol. The van der Waals surface area contributed by atoms with Gasteiger partial charge in [0.25, 0.3) is 17.2 Å². The van der Waals surface area contributed by atoms with E-state index in [2.05, 4.69) is 15.4 Å². The zero-order valence-electron chi connectivity index (χ0n) is 18.1. The molecule has 11 nitrogen and oxygen atoms in total. The molecule has 2 aromatic heterocycles. The molecule has 4 aromatic rings. The van der Waals surface area contributed by atoms with Crippen LogP contribution in [0.3, 0.4) is 0 Å². The average molecular weight is 517 g/mol. The Morgan fingerprint density at radius 3 is 2.80 bits per heavy atom. The zero-order chi connectivity index (χ0) is 24.9. The van der Waals surface area contributed by atoms with Gasteiger partial charge in [0.15, 0.2) is 12.3 Å². The smallest absolute Gasteiger partial charge is 0.269 e. The molecule has 2 heterocycles. The highest BCUT2D eigenvalue weighted by molar-refractivity contribution is 6.35. The fourth-order valence-electron chi connectivity index (χ4n) is 3.33. The number of aromatic nitrogens is 4. The van der Waals surface area contributed by atoms with Crippen LogP contribution < -0.4 is 15.6 Å². The largest absolute Gasteiger partial charge is 0.482 e. The second-order valence-electron chi connectivity index (χ2n) is 7.42. The van der Waals surface area contributed by atoms with Gasteiger partial charge in [0.1, 0.15) is 17.5 Å². The van der Waals surface area contributed by atoms with E-state index in [-0.39, 0.29) is 43.4 Å². The summed E-state index contributed by atoms with van der Waals surface area (Å²) in [6.45, 7) is 0.397. The number of hydrogen-bond acceptors (Lipinski definition) is 7. The van der Waals surface area contributed by atoms with Gasteiger partial charge in [0, 0.05) is 23.7 Å². The zero-order valence-corrected chi connectivity index (χ0v) is 19.6. The van der Waals surface area contributed by atoms with Gasteiger partial charge in [-0.25, -0.2) is 9.67 Å². The van der Waals surface area contributed by atoms with Crippen molar-refractivity contribution in [3.05, 3.63) is 91.1 Å². The van der Waals surface area contributed by atoms with Gasteiger partial charge in [-0.3, -0.25) is 24.3 Å². The number of ether oxygens (including phenoxy) is 1. The summed E-state index contributed by atoms with van der Waals surface area (Å²) in [7, 11) is 0. The third-order valence-electron chi connectivity index (χ3n) is 5.00. The van der Waals surface area contributed by atoms with Crippen molar-refractivity contribution in [1.82, 2.24) is 24.6 Å². The Balaban J connectivity index is 1.36.